The lowest BCUT2D eigenvalue weighted by Crippen LogP contribution is -2.30. The van der Waals surface area contributed by atoms with Gasteiger partial charge in [0.15, 0.2) is 6.10 Å². The monoisotopic (exact) mass is 687 g/mol. The zero-order chi connectivity index (χ0) is 35.9. The molecule has 0 aliphatic carbocycles. The van der Waals surface area contributed by atoms with Crippen molar-refractivity contribution < 1.29 is 28.6 Å². The third-order valence-electron chi connectivity index (χ3n) is 8.27. The van der Waals surface area contributed by atoms with Crippen molar-refractivity contribution in [1.29, 1.82) is 0 Å². The average molecular weight is 687 g/mol. The van der Waals surface area contributed by atoms with Crippen LogP contribution in [-0.4, -0.2) is 37.2 Å². The number of esters is 3. The summed E-state index contributed by atoms with van der Waals surface area (Å²) in [6.45, 7) is 6.37. The Morgan fingerprint density at radius 2 is 0.776 bits per heavy atom. The first-order valence-corrected chi connectivity index (χ1v) is 20.1. The van der Waals surface area contributed by atoms with Crippen molar-refractivity contribution in [3.05, 3.63) is 48.6 Å². The van der Waals surface area contributed by atoms with E-state index in [-0.39, 0.29) is 31.1 Å². The molecule has 282 valence electrons. The van der Waals surface area contributed by atoms with Crippen molar-refractivity contribution in [2.24, 2.45) is 0 Å². The Hall–Kier alpha value is -2.63. The Balaban J connectivity index is 4.33. The molecule has 0 N–H and O–H groups in total. The van der Waals surface area contributed by atoms with E-state index in [9.17, 15) is 14.4 Å². The lowest BCUT2D eigenvalue weighted by atomic mass is 10.1. The molecule has 0 heterocycles. The maximum Gasteiger partial charge on any atom is 0.306 e. The van der Waals surface area contributed by atoms with Crippen LogP contribution in [0.5, 0.6) is 0 Å². The van der Waals surface area contributed by atoms with E-state index in [2.05, 4.69) is 69.4 Å². The molecule has 6 nitrogen and oxygen atoms in total. The molecule has 0 bridgehead atoms. The topological polar surface area (TPSA) is 78.9 Å². The normalized spacial score (nSPS) is 12.5. The van der Waals surface area contributed by atoms with Crippen LogP contribution in [-0.2, 0) is 28.6 Å². The van der Waals surface area contributed by atoms with Gasteiger partial charge in [-0.05, 0) is 70.6 Å². The van der Waals surface area contributed by atoms with E-state index in [0.29, 0.717) is 19.3 Å². The van der Waals surface area contributed by atoms with Crippen LogP contribution in [0.4, 0.5) is 0 Å². The van der Waals surface area contributed by atoms with Crippen molar-refractivity contribution in [3.8, 4) is 0 Å². The fourth-order valence-corrected chi connectivity index (χ4v) is 5.22. The molecule has 0 amide bonds. The molecule has 0 aromatic rings. The highest BCUT2D eigenvalue weighted by atomic mass is 16.6. The maximum absolute atomic E-state index is 12.6. The predicted octanol–water partition coefficient (Wildman–Crippen LogP) is 12.4. The van der Waals surface area contributed by atoms with Crippen molar-refractivity contribution >= 4 is 17.9 Å². The number of carbonyl (C=O) groups is 3. The van der Waals surface area contributed by atoms with Crippen molar-refractivity contribution in [2.45, 2.75) is 194 Å². The second-order valence-corrected chi connectivity index (χ2v) is 13.2. The van der Waals surface area contributed by atoms with Crippen LogP contribution in [0.3, 0.4) is 0 Å². The highest BCUT2D eigenvalue weighted by Gasteiger charge is 2.19. The molecular weight excluding hydrogens is 612 g/mol. The lowest BCUT2D eigenvalue weighted by molar-refractivity contribution is -0.167. The van der Waals surface area contributed by atoms with E-state index in [0.717, 1.165) is 122 Å². The van der Waals surface area contributed by atoms with Crippen LogP contribution < -0.4 is 0 Å². The van der Waals surface area contributed by atoms with Crippen LogP contribution >= 0.6 is 0 Å². The fraction of sp³-hybridized carbons (Fsp3) is 0.744. The van der Waals surface area contributed by atoms with Crippen LogP contribution in [0.2, 0.25) is 0 Å². The number of unbranched alkanes of at least 4 members (excludes halogenated alkanes) is 16. The van der Waals surface area contributed by atoms with E-state index in [4.69, 9.17) is 14.2 Å². The quantitative estimate of drug-likeness (QED) is 0.0286. The van der Waals surface area contributed by atoms with Gasteiger partial charge in [-0.3, -0.25) is 14.4 Å². The molecule has 0 aliphatic heterocycles. The highest BCUT2D eigenvalue weighted by molar-refractivity contribution is 5.71. The summed E-state index contributed by atoms with van der Waals surface area (Å²) in [4.78, 5) is 37.3. The highest BCUT2D eigenvalue weighted by Crippen LogP contribution is 2.12. The summed E-state index contributed by atoms with van der Waals surface area (Å²) in [5.74, 6) is -0.935. The SMILES string of the molecule is CCC/C=C\C/C=C\CCCCCCCC(=O)OCC(COC(=O)CCCCCCC)OC(=O)CCCCCCC/C=C\C/C=C\CCC. The molecule has 0 rings (SSSR count). The van der Waals surface area contributed by atoms with Crippen LogP contribution in [0.25, 0.3) is 0 Å². The van der Waals surface area contributed by atoms with Gasteiger partial charge in [0.25, 0.3) is 0 Å². The Bertz CT molecular complexity index is 887. The Morgan fingerprint density at radius 3 is 1.20 bits per heavy atom. The molecule has 6 heteroatoms. The summed E-state index contributed by atoms with van der Waals surface area (Å²) in [5, 5.41) is 0. The summed E-state index contributed by atoms with van der Waals surface area (Å²) >= 11 is 0. The molecule has 1 atom stereocenters. The van der Waals surface area contributed by atoms with Gasteiger partial charge in [0, 0.05) is 19.3 Å². The Kier molecular flexibility index (Phi) is 36.1. The van der Waals surface area contributed by atoms with Gasteiger partial charge in [0.2, 0.25) is 0 Å². The van der Waals surface area contributed by atoms with E-state index < -0.39 is 6.10 Å². The molecule has 0 aromatic carbocycles. The molecule has 0 saturated heterocycles. The van der Waals surface area contributed by atoms with Crippen LogP contribution in [0.1, 0.15) is 188 Å². The number of ether oxygens (including phenoxy) is 3. The zero-order valence-corrected chi connectivity index (χ0v) is 31.9. The van der Waals surface area contributed by atoms with Gasteiger partial charge in [-0.2, -0.15) is 0 Å². The summed E-state index contributed by atoms with van der Waals surface area (Å²) in [6, 6.07) is 0. The van der Waals surface area contributed by atoms with Crippen LogP contribution in [0.15, 0.2) is 48.6 Å². The van der Waals surface area contributed by atoms with Crippen molar-refractivity contribution in [2.75, 3.05) is 13.2 Å². The molecule has 0 saturated carbocycles. The largest absolute Gasteiger partial charge is 0.462 e. The molecule has 49 heavy (non-hydrogen) atoms. The molecule has 0 aliphatic rings. The molecule has 0 spiro atoms. The van der Waals surface area contributed by atoms with E-state index in [1.165, 1.54) is 25.7 Å². The minimum absolute atomic E-state index is 0.0851. The summed E-state index contributed by atoms with van der Waals surface area (Å²) in [5.41, 5.74) is 0. The number of carbonyl (C=O) groups excluding carboxylic acids is 3. The minimum atomic E-state index is -0.778. The Morgan fingerprint density at radius 1 is 0.408 bits per heavy atom. The van der Waals surface area contributed by atoms with E-state index >= 15 is 0 Å². The molecule has 0 aromatic heterocycles. The van der Waals surface area contributed by atoms with Crippen LogP contribution in [0, 0.1) is 0 Å². The maximum atomic E-state index is 12.6. The number of hydrogen-bond acceptors (Lipinski definition) is 6. The summed E-state index contributed by atoms with van der Waals surface area (Å²) in [6.07, 6.45) is 42.6. The predicted molar refractivity (Wildman–Crippen MR) is 205 cm³/mol. The molecular formula is C43H74O6. The van der Waals surface area contributed by atoms with Gasteiger partial charge in [0.1, 0.15) is 13.2 Å². The second-order valence-electron chi connectivity index (χ2n) is 13.2. The molecule has 1 unspecified atom stereocenters. The van der Waals surface area contributed by atoms with Gasteiger partial charge in [-0.25, -0.2) is 0 Å². The molecule has 0 radical (unpaired) electrons. The van der Waals surface area contributed by atoms with E-state index in [1.807, 2.05) is 0 Å². The van der Waals surface area contributed by atoms with Crippen molar-refractivity contribution in [1.82, 2.24) is 0 Å². The minimum Gasteiger partial charge on any atom is -0.462 e. The third-order valence-corrected chi connectivity index (χ3v) is 8.27. The zero-order valence-electron chi connectivity index (χ0n) is 31.9. The van der Waals surface area contributed by atoms with Gasteiger partial charge in [-0.1, -0.05) is 146 Å². The van der Waals surface area contributed by atoms with Gasteiger partial charge >= 0.3 is 17.9 Å². The molecule has 0 fully saturated rings. The number of allylic oxidation sites excluding steroid dienone is 8. The average Bonchev–Trinajstić information content (AvgIpc) is 3.09. The fourth-order valence-electron chi connectivity index (χ4n) is 5.22. The summed E-state index contributed by atoms with van der Waals surface area (Å²) in [7, 11) is 0. The first-order valence-electron chi connectivity index (χ1n) is 20.1. The summed E-state index contributed by atoms with van der Waals surface area (Å²) < 4.78 is 16.5. The van der Waals surface area contributed by atoms with Crippen molar-refractivity contribution in [3.63, 3.8) is 0 Å². The first kappa shape index (κ1) is 46.4. The third kappa shape index (κ3) is 36.5. The number of hydrogen-bond donors (Lipinski definition) is 0. The number of rotatable bonds is 35. The standard InChI is InChI=1S/C43H74O6/c1-4-7-10-13-15-17-19-21-23-25-27-30-33-36-42(45)48-39-40(38-47-41(44)35-32-29-12-9-6-3)49-43(46)37-34-31-28-26-24-22-20-18-16-14-11-8-5-2/h10-11,13-14,17-20,40H,4-9,12,15-16,21-39H2,1-3H3/b13-10-,14-11-,19-17-,20-18-. The van der Waals surface area contributed by atoms with Gasteiger partial charge in [-0.15, -0.1) is 0 Å². The van der Waals surface area contributed by atoms with Gasteiger partial charge in [0.05, 0.1) is 0 Å². The van der Waals surface area contributed by atoms with Gasteiger partial charge < -0.3 is 14.2 Å². The first-order chi connectivity index (χ1) is 24.0. The smallest absolute Gasteiger partial charge is 0.306 e. The van der Waals surface area contributed by atoms with E-state index in [1.54, 1.807) is 0 Å². The Labute approximate surface area is 301 Å². The second kappa shape index (κ2) is 38.2. The lowest BCUT2D eigenvalue weighted by Gasteiger charge is -2.18.